The maximum atomic E-state index is 6.12. The van der Waals surface area contributed by atoms with Gasteiger partial charge in [0.2, 0.25) is 0 Å². The van der Waals surface area contributed by atoms with Crippen LogP contribution in [-0.2, 0) is 0 Å². The normalized spacial score (nSPS) is 18.4. The Morgan fingerprint density at radius 2 is 2.15 bits per heavy atom. The summed E-state index contributed by atoms with van der Waals surface area (Å²) >= 11 is 3.22. The highest BCUT2D eigenvalue weighted by atomic mass is 32.1. The molecule has 0 radical (unpaired) electrons. The summed E-state index contributed by atoms with van der Waals surface area (Å²) in [4.78, 5) is 7.16. The fourth-order valence-corrected chi connectivity index (χ4v) is 4.08. The standard InChI is InChI=1S/C14H18N4S2/c1-8-16-11(7-19-8)12-13(15)17-20-14(12)18(10-4-5-10)6-9-2-3-9/h7,9-10H,2-6H2,1H3,(H2,15,17). The summed E-state index contributed by atoms with van der Waals surface area (Å²) < 4.78 is 4.40. The van der Waals surface area contributed by atoms with Crippen molar-refractivity contribution >= 4 is 33.7 Å². The van der Waals surface area contributed by atoms with Crippen LogP contribution >= 0.6 is 22.9 Å². The molecule has 2 N–H and O–H groups in total. The van der Waals surface area contributed by atoms with Gasteiger partial charge in [0.25, 0.3) is 0 Å². The Balaban J connectivity index is 1.72. The molecule has 4 nitrogen and oxygen atoms in total. The van der Waals surface area contributed by atoms with Crippen LogP contribution < -0.4 is 10.6 Å². The smallest absolute Gasteiger partial charge is 0.148 e. The lowest BCUT2D eigenvalue weighted by atomic mass is 10.2. The van der Waals surface area contributed by atoms with Gasteiger partial charge in [-0.05, 0) is 50.1 Å². The molecule has 2 saturated carbocycles. The molecule has 0 saturated heterocycles. The SMILES string of the molecule is Cc1nc(-c2c(N)nsc2N(CC2CC2)C2CC2)cs1. The van der Waals surface area contributed by atoms with E-state index in [0.717, 1.165) is 22.2 Å². The number of anilines is 2. The van der Waals surface area contributed by atoms with Crippen molar-refractivity contribution in [1.82, 2.24) is 9.36 Å². The number of nitrogen functional groups attached to an aromatic ring is 1. The van der Waals surface area contributed by atoms with Crippen LogP contribution in [0.2, 0.25) is 0 Å². The lowest BCUT2D eigenvalue weighted by molar-refractivity contribution is 0.725. The molecule has 0 spiro atoms. The molecule has 2 aromatic rings. The Morgan fingerprint density at radius 3 is 2.75 bits per heavy atom. The Morgan fingerprint density at radius 1 is 1.35 bits per heavy atom. The van der Waals surface area contributed by atoms with Gasteiger partial charge < -0.3 is 10.6 Å². The molecule has 0 atom stereocenters. The number of aryl methyl sites for hydroxylation is 1. The number of nitrogens with two attached hydrogens (primary N) is 1. The van der Waals surface area contributed by atoms with Crippen LogP contribution in [0.3, 0.4) is 0 Å². The van der Waals surface area contributed by atoms with E-state index in [-0.39, 0.29) is 0 Å². The van der Waals surface area contributed by atoms with Gasteiger partial charge in [-0.2, -0.15) is 4.37 Å². The number of hydrogen-bond donors (Lipinski definition) is 1. The Bertz CT molecular complexity index is 625. The first kappa shape index (κ1) is 12.6. The van der Waals surface area contributed by atoms with Crippen molar-refractivity contribution < 1.29 is 0 Å². The highest BCUT2D eigenvalue weighted by Gasteiger charge is 2.36. The van der Waals surface area contributed by atoms with Gasteiger partial charge in [0.15, 0.2) is 0 Å². The molecule has 0 aliphatic heterocycles. The molecular formula is C14H18N4S2. The molecule has 20 heavy (non-hydrogen) atoms. The molecule has 6 heteroatoms. The average Bonchev–Trinajstić information content (AvgIpc) is 3.32. The lowest BCUT2D eigenvalue weighted by Crippen LogP contribution is -2.27. The highest BCUT2D eigenvalue weighted by molar-refractivity contribution is 7.11. The van der Waals surface area contributed by atoms with Crippen molar-refractivity contribution in [2.45, 2.75) is 38.6 Å². The third-order valence-corrected chi connectivity index (χ3v) is 5.65. The van der Waals surface area contributed by atoms with Gasteiger partial charge in [-0.25, -0.2) is 4.98 Å². The molecule has 4 rings (SSSR count). The molecule has 0 bridgehead atoms. The first-order chi connectivity index (χ1) is 9.72. The summed E-state index contributed by atoms with van der Waals surface area (Å²) in [5, 5.41) is 4.42. The van der Waals surface area contributed by atoms with Gasteiger partial charge in [-0.15, -0.1) is 11.3 Å². The third kappa shape index (κ3) is 2.31. The largest absolute Gasteiger partial charge is 0.382 e. The summed E-state index contributed by atoms with van der Waals surface area (Å²) in [5.41, 5.74) is 8.18. The molecule has 0 aromatic carbocycles. The second kappa shape index (κ2) is 4.70. The lowest BCUT2D eigenvalue weighted by Gasteiger charge is -2.23. The summed E-state index contributed by atoms with van der Waals surface area (Å²) in [6, 6.07) is 0.703. The van der Waals surface area contributed by atoms with E-state index in [2.05, 4.69) is 19.6 Å². The average molecular weight is 306 g/mol. The molecule has 2 aliphatic carbocycles. The number of nitrogens with zero attached hydrogens (tertiary/aromatic N) is 3. The van der Waals surface area contributed by atoms with Crippen LogP contribution in [0, 0.1) is 12.8 Å². The fraction of sp³-hybridized carbons (Fsp3) is 0.571. The van der Waals surface area contributed by atoms with Crippen molar-refractivity contribution in [3.63, 3.8) is 0 Å². The zero-order chi connectivity index (χ0) is 13.7. The van der Waals surface area contributed by atoms with Gasteiger partial charge in [0.05, 0.1) is 16.3 Å². The van der Waals surface area contributed by atoms with Gasteiger partial charge in [-0.3, -0.25) is 0 Å². The maximum absolute atomic E-state index is 6.12. The van der Waals surface area contributed by atoms with Crippen LogP contribution in [0.4, 0.5) is 10.8 Å². The fourth-order valence-electron chi connectivity index (χ4n) is 2.57. The van der Waals surface area contributed by atoms with E-state index in [4.69, 9.17) is 5.73 Å². The number of rotatable bonds is 5. The second-order valence-electron chi connectivity index (χ2n) is 5.83. The van der Waals surface area contributed by atoms with Crippen LogP contribution in [0.25, 0.3) is 11.3 Å². The van der Waals surface area contributed by atoms with Gasteiger partial charge in [-0.1, -0.05) is 0 Å². The van der Waals surface area contributed by atoms with Crippen LogP contribution in [0.15, 0.2) is 5.38 Å². The van der Waals surface area contributed by atoms with E-state index in [1.165, 1.54) is 37.2 Å². The first-order valence-electron chi connectivity index (χ1n) is 7.16. The van der Waals surface area contributed by atoms with Crippen LogP contribution in [0.1, 0.15) is 30.7 Å². The van der Waals surface area contributed by atoms with Gasteiger partial charge >= 0.3 is 0 Å². The summed E-state index contributed by atoms with van der Waals surface area (Å²) in [6.07, 6.45) is 5.37. The monoisotopic (exact) mass is 306 g/mol. The van der Waals surface area contributed by atoms with Crippen molar-refractivity contribution in [3.05, 3.63) is 10.4 Å². The van der Waals surface area contributed by atoms with E-state index in [1.54, 1.807) is 22.9 Å². The molecule has 0 unspecified atom stereocenters. The Hall–Kier alpha value is -1.14. The number of hydrogen-bond acceptors (Lipinski definition) is 6. The predicted molar refractivity (Wildman–Crippen MR) is 85.5 cm³/mol. The molecule has 2 fully saturated rings. The van der Waals surface area contributed by atoms with E-state index >= 15 is 0 Å². The number of thiazole rings is 1. The van der Waals surface area contributed by atoms with Crippen LogP contribution in [0.5, 0.6) is 0 Å². The van der Waals surface area contributed by atoms with E-state index in [9.17, 15) is 0 Å². The van der Waals surface area contributed by atoms with Crippen LogP contribution in [-0.4, -0.2) is 21.9 Å². The van der Waals surface area contributed by atoms with Crippen molar-refractivity contribution in [1.29, 1.82) is 0 Å². The zero-order valence-electron chi connectivity index (χ0n) is 11.5. The second-order valence-corrected chi connectivity index (χ2v) is 7.64. The molecule has 2 aliphatic rings. The molecule has 2 aromatic heterocycles. The zero-order valence-corrected chi connectivity index (χ0v) is 13.1. The van der Waals surface area contributed by atoms with Crippen molar-refractivity contribution in [2.75, 3.05) is 17.2 Å². The van der Waals surface area contributed by atoms with E-state index in [1.807, 2.05) is 6.92 Å². The molecular weight excluding hydrogens is 288 g/mol. The van der Waals surface area contributed by atoms with Gasteiger partial charge in [0.1, 0.15) is 10.8 Å². The van der Waals surface area contributed by atoms with E-state index in [0.29, 0.717) is 11.9 Å². The minimum Gasteiger partial charge on any atom is -0.382 e. The number of aromatic nitrogens is 2. The molecule has 0 amide bonds. The summed E-state index contributed by atoms with van der Waals surface area (Å²) in [7, 11) is 0. The minimum absolute atomic E-state index is 0.636. The van der Waals surface area contributed by atoms with Crippen molar-refractivity contribution in [2.24, 2.45) is 5.92 Å². The predicted octanol–water partition coefficient (Wildman–Crippen LogP) is 3.54. The summed E-state index contributed by atoms with van der Waals surface area (Å²) in [5.74, 6) is 1.51. The molecule has 2 heterocycles. The highest BCUT2D eigenvalue weighted by Crippen LogP contribution is 2.45. The molecule has 106 valence electrons. The third-order valence-electron chi connectivity index (χ3n) is 3.98. The van der Waals surface area contributed by atoms with E-state index < -0.39 is 0 Å². The van der Waals surface area contributed by atoms with Gasteiger partial charge in [0, 0.05) is 18.0 Å². The Labute approximate surface area is 126 Å². The maximum Gasteiger partial charge on any atom is 0.148 e. The first-order valence-corrected chi connectivity index (χ1v) is 8.82. The quantitative estimate of drug-likeness (QED) is 0.918. The summed E-state index contributed by atoms with van der Waals surface area (Å²) in [6.45, 7) is 3.20. The topological polar surface area (TPSA) is 55.0 Å². The Kier molecular flexibility index (Phi) is 2.96. The van der Waals surface area contributed by atoms with Crippen molar-refractivity contribution in [3.8, 4) is 11.3 Å². The minimum atomic E-state index is 0.636.